The highest BCUT2D eigenvalue weighted by Crippen LogP contribution is 2.32. The van der Waals surface area contributed by atoms with Gasteiger partial charge in [0.05, 0.1) is 5.54 Å². The number of sulfonamides is 1. The predicted octanol–water partition coefficient (Wildman–Crippen LogP) is -0.397. The molecule has 0 unspecified atom stereocenters. The zero-order valence-electron chi connectivity index (χ0n) is 11.5. The lowest BCUT2D eigenvalue weighted by Gasteiger charge is -2.38. The Bertz CT molecular complexity index is 574. The third-order valence-corrected chi connectivity index (χ3v) is 7.10. The van der Waals surface area contributed by atoms with Crippen LogP contribution in [0.2, 0.25) is 0 Å². The van der Waals surface area contributed by atoms with E-state index < -0.39 is 30.5 Å². The molecule has 10 heteroatoms. The molecule has 0 aliphatic heterocycles. The number of hydrogen-bond acceptors (Lipinski definition) is 6. The minimum atomic E-state index is -4.08. The number of nitrogens with one attached hydrogen (secondary N) is 1. The van der Waals surface area contributed by atoms with Gasteiger partial charge in [-0.15, -0.1) is 0 Å². The Kier molecular flexibility index (Phi) is 5.03. The maximum atomic E-state index is 11.9. The smallest absolute Gasteiger partial charge is 0.226 e. The van der Waals surface area contributed by atoms with Crippen molar-refractivity contribution in [3.63, 3.8) is 0 Å². The highest BCUT2D eigenvalue weighted by molar-refractivity contribution is 8.06. The second kappa shape index (κ2) is 5.86. The molecule has 0 bridgehead atoms. The molecule has 4 N–H and O–H groups in total. The first-order valence-corrected chi connectivity index (χ1v) is 9.88. The topological polar surface area (TPSA) is 139 Å². The van der Waals surface area contributed by atoms with Gasteiger partial charge in [-0.1, -0.05) is 12.1 Å². The van der Waals surface area contributed by atoms with Crippen molar-refractivity contribution in [3.8, 4) is 0 Å². The van der Waals surface area contributed by atoms with E-state index in [4.69, 9.17) is 10.9 Å². The summed E-state index contributed by atoms with van der Waals surface area (Å²) in [6.07, 6.45) is 2.99. The van der Waals surface area contributed by atoms with Gasteiger partial charge in [0.1, 0.15) is 0 Å². The highest BCUT2D eigenvalue weighted by atomic mass is 32.3. The van der Waals surface area contributed by atoms with Gasteiger partial charge in [0.25, 0.3) is 0 Å². The van der Waals surface area contributed by atoms with Crippen LogP contribution in [0.25, 0.3) is 0 Å². The molecule has 0 radical (unpaired) electrons. The van der Waals surface area contributed by atoms with Crippen LogP contribution in [0.15, 0.2) is 5.16 Å². The summed E-state index contributed by atoms with van der Waals surface area (Å²) in [5.41, 5.74) is 4.42. The molecule has 0 aromatic carbocycles. The van der Waals surface area contributed by atoms with Crippen LogP contribution >= 0.6 is 0 Å². The van der Waals surface area contributed by atoms with Crippen LogP contribution in [-0.4, -0.2) is 44.8 Å². The Balaban J connectivity index is 3.03. The lowest BCUT2D eigenvalue weighted by Crippen LogP contribution is -2.59. The number of oxime groups is 1. The zero-order valence-corrected chi connectivity index (χ0v) is 13.2. The van der Waals surface area contributed by atoms with Gasteiger partial charge >= 0.3 is 0 Å². The summed E-state index contributed by atoms with van der Waals surface area (Å²) in [5.74, 6) is 0.176. The zero-order chi connectivity index (χ0) is 15.6. The first-order valence-electron chi connectivity index (χ1n) is 6.17. The lowest BCUT2D eigenvalue weighted by molar-refractivity contribution is 0.267. The van der Waals surface area contributed by atoms with Gasteiger partial charge in [0, 0.05) is 6.26 Å². The fourth-order valence-corrected chi connectivity index (χ4v) is 5.76. The van der Waals surface area contributed by atoms with Gasteiger partial charge in [-0.3, -0.25) is 0 Å². The van der Waals surface area contributed by atoms with Gasteiger partial charge in [0.2, 0.25) is 10.0 Å². The second-order valence-electron chi connectivity index (χ2n) is 5.51. The number of amidine groups is 1. The van der Waals surface area contributed by atoms with E-state index in [-0.39, 0.29) is 5.84 Å². The summed E-state index contributed by atoms with van der Waals surface area (Å²) in [6, 6.07) is 0. The van der Waals surface area contributed by atoms with E-state index in [0.29, 0.717) is 31.6 Å². The maximum absolute atomic E-state index is 11.9. The van der Waals surface area contributed by atoms with Crippen LogP contribution in [0.1, 0.15) is 32.6 Å². The van der Waals surface area contributed by atoms with Crippen LogP contribution in [0.5, 0.6) is 0 Å². The van der Waals surface area contributed by atoms with Crippen molar-refractivity contribution in [2.24, 2.45) is 16.8 Å². The first kappa shape index (κ1) is 17.2. The van der Waals surface area contributed by atoms with Crippen LogP contribution in [0, 0.1) is 5.92 Å². The van der Waals surface area contributed by atoms with Crippen molar-refractivity contribution < 1.29 is 22.0 Å². The number of nitrogens with zero attached hydrogens (tertiary/aromatic N) is 1. The van der Waals surface area contributed by atoms with Crippen LogP contribution < -0.4 is 10.5 Å². The van der Waals surface area contributed by atoms with E-state index in [9.17, 15) is 16.8 Å². The number of rotatable bonds is 5. The molecule has 0 heterocycles. The lowest BCUT2D eigenvalue weighted by atomic mass is 9.77. The molecule has 0 saturated heterocycles. The van der Waals surface area contributed by atoms with E-state index in [1.807, 2.05) is 6.92 Å². The molecule has 118 valence electrons. The summed E-state index contributed by atoms with van der Waals surface area (Å²) < 4.78 is 48.5. The van der Waals surface area contributed by atoms with Crippen LogP contribution in [-0.2, 0) is 19.9 Å². The van der Waals surface area contributed by atoms with Gasteiger partial charge in [0.15, 0.2) is 20.8 Å². The third kappa shape index (κ3) is 4.60. The largest absolute Gasteiger partial charge is 0.409 e. The van der Waals surface area contributed by atoms with Gasteiger partial charge in [-0.2, -0.15) is 0 Å². The molecule has 0 aromatic heterocycles. The Morgan fingerprint density at radius 2 is 1.85 bits per heavy atom. The van der Waals surface area contributed by atoms with Crippen molar-refractivity contribution in [3.05, 3.63) is 0 Å². The van der Waals surface area contributed by atoms with Crippen molar-refractivity contribution >= 4 is 25.7 Å². The molecule has 1 fully saturated rings. The fourth-order valence-electron chi connectivity index (χ4n) is 2.37. The minimum absolute atomic E-state index is 0.235. The maximum Gasteiger partial charge on any atom is 0.226 e. The van der Waals surface area contributed by atoms with E-state index in [1.165, 1.54) is 0 Å². The van der Waals surface area contributed by atoms with Crippen molar-refractivity contribution in [1.82, 2.24) is 4.72 Å². The predicted molar refractivity (Wildman–Crippen MR) is 75.5 cm³/mol. The molecule has 8 nitrogen and oxygen atoms in total. The molecule has 0 spiro atoms. The molecule has 0 amide bonds. The molecular weight excluding hydrogens is 306 g/mol. The molecule has 0 aromatic rings. The fraction of sp³-hybridized carbons (Fsp3) is 0.900. The average molecular weight is 327 g/mol. The normalized spacial score (nSPS) is 29.3. The summed E-state index contributed by atoms with van der Waals surface area (Å²) in [6.45, 7) is 2.03. The van der Waals surface area contributed by atoms with E-state index in [2.05, 4.69) is 9.88 Å². The molecule has 20 heavy (non-hydrogen) atoms. The Morgan fingerprint density at radius 3 is 2.25 bits per heavy atom. The number of nitrogens with two attached hydrogens (primary N) is 1. The average Bonchev–Trinajstić information content (AvgIpc) is 2.27. The van der Waals surface area contributed by atoms with Gasteiger partial charge < -0.3 is 10.9 Å². The summed E-state index contributed by atoms with van der Waals surface area (Å²) >= 11 is 0. The molecule has 1 aliphatic carbocycles. The van der Waals surface area contributed by atoms with Crippen LogP contribution in [0.3, 0.4) is 0 Å². The number of sulfone groups is 1. The second-order valence-corrected chi connectivity index (χ2v) is 9.74. The number of hydrogen-bond donors (Lipinski definition) is 3. The minimum Gasteiger partial charge on any atom is -0.409 e. The standard InChI is InChI=1S/C10H21N3O5S2/c1-8-3-5-10(6-4-8,9(11)12-14)13-20(17,18)7-19(2,15)16/h8,13-14H,3-7H2,1-2H3,(H2,11,12). The Hall–Kier alpha value is -0.870. The van der Waals surface area contributed by atoms with Gasteiger partial charge in [-0.25, -0.2) is 21.6 Å². The summed E-state index contributed by atoms with van der Waals surface area (Å²) in [7, 11) is -7.78. The quantitative estimate of drug-likeness (QED) is 0.272. The van der Waals surface area contributed by atoms with E-state index >= 15 is 0 Å². The van der Waals surface area contributed by atoms with E-state index in [0.717, 1.165) is 6.26 Å². The molecule has 1 saturated carbocycles. The van der Waals surface area contributed by atoms with Crippen molar-refractivity contribution in [1.29, 1.82) is 0 Å². The molecule has 0 atom stereocenters. The highest BCUT2D eigenvalue weighted by Gasteiger charge is 2.42. The van der Waals surface area contributed by atoms with Crippen molar-refractivity contribution in [2.75, 3.05) is 11.3 Å². The first-order chi connectivity index (χ1) is 9.00. The molecular formula is C10H21N3O5S2. The van der Waals surface area contributed by atoms with Crippen LogP contribution in [0.4, 0.5) is 0 Å². The Labute approximate surface area is 119 Å². The third-order valence-electron chi connectivity index (χ3n) is 3.45. The SMILES string of the molecule is CC1CCC(NS(=O)(=O)CS(C)(=O)=O)(C(N)=NO)CC1. The Morgan fingerprint density at radius 1 is 1.35 bits per heavy atom. The van der Waals surface area contributed by atoms with Crippen molar-refractivity contribution in [2.45, 2.75) is 38.1 Å². The van der Waals surface area contributed by atoms with E-state index in [1.54, 1.807) is 0 Å². The van der Waals surface area contributed by atoms with Gasteiger partial charge in [-0.05, 0) is 31.6 Å². The summed E-state index contributed by atoms with van der Waals surface area (Å²) in [5, 5.41) is 10.7. The molecule has 1 rings (SSSR count). The molecule has 1 aliphatic rings. The summed E-state index contributed by atoms with van der Waals surface area (Å²) in [4.78, 5) is 0. The monoisotopic (exact) mass is 327 g/mol.